The van der Waals surface area contributed by atoms with Crippen molar-refractivity contribution >= 4 is 5.91 Å². The lowest BCUT2D eigenvalue weighted by molar-refractivity contribution is -0.132. The molecule has 6 heteroatoms. The highest BCUT2D eigenvalue weighted by molar-refractivity contribution is 5.77. The van der Waals surface area contributed by atoms with E-state index in [9.17, 15) is 9.18 Å². The number of nitrogens with zero attached hydrogens (tertiary/aromatic N) is 4. The highest BCUT2D eigenvalue weighted by Gasteiger charge is 2.31. The number of carbonyl (C=O) groups is 1. The third-order valence-electron chi connectivity index (χ3n) is 4.93. The van der Waals surface area contributed by atoms with Crippen LogP contribution in [-0.4, -0.2) is 46.1 Å². The largest absolute Gasteiger partial charge is 0.334 e. The van der Waals surface area contributed by atoms with Crippen LogP contribution in [0.25, 0.3) is 0 Å². The zero-order valence-electron chi connectivity index (χ0n) is 15.8. The minimum atomic E-state index is -0.247. The molecule has 3 rings (SSSR count). The number of likely N-dealkylation sites (tertiary alicyclic amines) is 1. The lowest BCUT2D eigenvalue weighted by atomic mass is 10.1. The van der Waals surface area contributed by atoms with E-state index in [4.69, 9.17) is 0 Å². The Balaban J connectivity index is 1.65. The van der Waals surface area contributed by atoms with Crippen LogP contribution in [0, 0.1) is 5.82 Å². The molecule has 0 saturated carbocycles. The highest BCUT2D eigenvalue weighted by atomic mass is 19.1. The molecule has 1 fully saturated rings. The Bertz CT molecular complexity index is 754. The van der Waals surface area contributed by atoms with Crippen LogP contribution >= 0.6 is 0 Å². The van der Waals surface area contributed by atoms with Crippen LogP contribution in [0.5, 0.6) is 0 Å². The van der Waals surface area contributed by atoms with Crippen molar-refractivity contribution in [2.24, 2.45) is 7.05 Å². The molecule has 0 radical (unpaired) electrons. The summed E-state index contributed by atoms with van der Waals surface area (Å²) < 4.78 is 14.9. The van der Waals surface area contributed by atoms with Gasteiger partial charge in [0.05, 0.1) is 17.4 Å². The van der Waals surface area contributed by atoms with Gasteiger partial charge in [0.15, 0.2) is 0 Å². The second kappa shape index (κ2) is 7.99. The van der Waals surface area contributed by atoms with Crippen molar-refractivity contribution in [1.29, 1.82) is 0 Å². The summed E-state index contributed by atoms with van der Waals surface area (Å²) >= 11 is 0. The molecule has 1 aliphatic heterocycles. The Morgan fingerprint density at radius 1 is 1.31 bits per heavy atom. The van der Waals surface area contributed by atoms with E-state index in [0.29, 0.717) is 12.8 Å². The standard InChI is InChI=1S/C20H27FN4O/c1-23(2)14-17-13-18(22-24(17)3)19-5-4-12-25(19)20(26)11-8-15-6-9-16(21)10-7-15/h6-7,9-10,13,19H,4-5,8,11-12,14H2,1-3H3. The summed E-state index contributed by atoms with van der Waals surface area (Å²) in [7, 11) is 6.03. The second-order valence-electron chi connectivity index (χ2n) is 7.29. The lowest BCUT2D eigenvalue weighted by Gasteiger charge is -2.23. The Labute approximate surface area is 154 Å². The van der Waals surface area contributed by atoms with Crippen LogP contribution in [0.15, 0.2) is 30.3 Å². The van der Waals surface area contributed by atoms with Crippen LogP contribution < -0.4 is 0 Å². The molecule has 0 spiro atoms. The maximum absolute atomic E-state index is 13.0. The molecule has 26 heavy (non-hydrogen) atoms. The molecule has 140 valence electrons. The van der Waals surface area contributed by atoms with E-state index >= 15 is 0 Å². The van der Waals surface area contributed by atoms with E-state index in [0.717, 1.165) is 42.9 Å². The number of carbonyl (C=O) groups excluding carboxylic acids is 1. The monoisotopic (exact) mass is 358 g/mol. The number of amides is 1. The Hall–Kier alpha value is -2.21. The molecule has 2 aromatic rings. The zero-order chi connectivity index (χ0) is 18.7. The fourth-order valence-corrected chi connectivity index (χ4v) is 3.58. The summed E-state index contributed by atoms with van der Waals surface area (Å²) in [4.78, 5) is 16.8. The smallest absolute Gasteiger partial charge is 0.223 e. The van der Waals surface area contributed by atoms with Crippen LogP contribution in [0.1, 0.15) is 42.3 Å². The van der Waals surface area contributed by atoms with Gasteiger partial charge < -0.3 is 9.80 Å². The second-order valence-corrected chi connectivity index (χ2v) is 7.29. The van der Waals surface area contributed by atoms with Gasteiger partial charge >= 0.3 is 0 Å². The van der Waals surface area contributed by atoms with Crippen LogP contribution in [0.2, 0.25) is 0 Å². The van der Waals surface area contributed by atoms with Gasteiger partial charge in [0, 0.05) is 26.6 Å². The third-order valence-corrected chi connectivity index (χ3v) is 4.93. The van der Waals surface area contributed by atoms with Crippen molar-refractivity contribution < 1.29 is 9.18 Å². The van der Waals surface area contributed by atoms with Gasteiger partial charge in [0.1, 0.15) is 5.82 Å². The van der Waals surface area contributed by atoms with Crippen LogP contribution in [-0.2, 0) is 24.8 Å². The van der Waals surface area contributed by atoms with Gasteiger partial charge in [-0.1, -0.05) is 12.1 Å². The molecule has 0 bridgehead atoms. The first-order valence-corrected chi connectivity index (χ1v) is 9.15. The quantitative estimate of drug-likeness (QED) is 0.797. The van der Waals surface area contributed by atoms with Gasteiger partial charge in [-0.3, -0.25) is 9.48 Å². The van der Waals surface area contributed by atoms with Crippen LogP contribution in [0.3, 0.4) is 0 Å². The van der Waals surface area contributed by atoms with Gasteiger partial charge in [-0.05, 0) is 57.1 Å². The predicted octanol–water partition coefficient (Wildman–Crippen LogP) is 2.92. The van der Waals surface area contributed by atoms with Crippen molar-refractivity contribution in [3.05, 3.63) is 53.1 Å². The number of rotatable bonds is 6. The Kier molecular flexibility index (Phi) is 5.71. The van der Waals surface area contributed by atoms with E-state index in [1.54, 1.807) is 12.1 Å². The summed E-state index contributed by atoms with van der Waals surface area (Å²) in [5.74, 6) is -0.0972. The highest BCUT2D eigenvalue weighted by Crippen LogP contribution is 2.32. The normalized spacial score (nSPS) is 17.3. The molecule has 0 N–H and O–H groups in total. The maximum atomic E-state index is 13.0. The topological polar surface area (TPSA) is 41.4 Å². The summed E-state index contributed by atoms with van der Waals surface area (Å²) in [6.45, 7) is 1.61. The number of benzene rings is 1. The summed E-state index contributed by atoms with van der Waals surface area (Å²) in [5, 5.41) is 4.66. The van der Waals surface area contributed by atoms with Gasteiger partial charge in [-0.25, -0.2) is 4.39 Å². The first-order chi connectivity index (χ1) is 12.4. The van der Waals surface area contributed by atoms with Crippen LogP contribution in [0.4, 0.5) is 4.39 Å². The lowest BCUT2D eigenvalue weighted by Crippen LogP contribution is -2.31. The first-order valence-electron chi connectivity index (χ1n) is 9.15. The zero-order valence-corrected chi connectivity index (χ0v) is 15.8. The van der Waals surface area contributed by atoms with E-state index in [-0.39, 0.29) is 17.8 Å². The molecule has 0 aliphatic carbocycles. The molecule has 2 heterocycles. The molecule has 5 nitrogen and oxygen atoms in total. The fraction of sp³-hybridized carbons (Fsp3) is 0.500. The first kappa shape index (κ1) is 18.6. The molecule has 1 unspecified atom stereocenters. The average molecular weight is 358 g/mol. The number of hydrogen-bond donors (Lipinski definition) is 0. The number of halogens is 1. The van der Waals surface area contributed by atoms with Crippen molar-refractivity contribution in [3.8, 4) is 0 Å². The summed E-state index contributed by atoms with van der Waals surface area (Å²) in [5.41, 5.74) is 3.12. The van der Waals surface area contributed by atoms with Gasteiger partial charge in [0.25, 0.3) is 0 Å². The van der Waals surface area contributed by atoms with Gasteiger partial charge in [0.2, 0.25) is 5.91 Å². The Morgan fingerprint density at radius 2 is 2.04 bits per heavy atom. The van der Waals surface area contributed by atoms with E-state index in [1.807, 2.05) is 30.7 Å². The molecule has 1 aromatic carbocycles. The molecule has 1 atom stereocenters. The van der Waals surface area contributed by atoms with E-state index < -0.39 is 0 Å². The SMILES string of the molecule is CN(C)Cc1cc(C2CCCN2C(=O)CCc2ccc(F)cc2)nn1C. The van der Waals surface area contributed by atoms with Crippen molar-refractivity contribution in [2.45, 2.75) is 38.3 Å². The predicted molar refractivity (Wildman–Crippen MR) is 99.0 cm³/mol. The number of aryl methyl sites for hydroxylation is 2. The number of aromatic nitrogens is 2. The van der Waals surface area contributed by atoms with Crippen molar-refractivity contribution in [3.63, 3.8) is 0 Å². The molecule has 1 aliphatic rings. The average Bonchev–Trinajstić information content (AvgIpc) is 3.21. The summed E-state index contributed by atoms with van der Waals surface area (Å²) in [6, 6.07) is 8.57. The Morgan fingerprint density at radius 3 is 2.73 bits per heavy atom. The van der Waals surface area contributed by atoms with Gasteiger partial charge in [-0.2, -0.15) is 5.10 Å². The summed E-state index contributed by atoms with van der Waals surface area (Å²) in [6.07, 6.45) is 3.04. The fourth-order valence-electron chi connectivity index (χ4n) is 3.58. The van der Waals surface area contributed by atoms with Gasteiger partial charge in [-0.15, -0.1) is 0 Å². The molecule has 1 saturated heterocycles. The third kappa shape index (κ3) is 4.30. The molecular weight excluding hydrogens is 331 g/mol. The van der Waals surface area contributed by atoms with Crippen molar-refractivity contribution in [1.82, 2.24) is 19.6 Å². The van der Waals surface area contributed by atoms with Crippen molar-refractivity contribution in [2.75, 3.05) is 20.6 Å². The minimum absolute atomic E-state index is 0.0674. The van der Waals surface area contributed by atoms with E-state index in [1.165, 1.54) is 12.1 Å². The molecular formula is C20H27FN4O. The molecule has 1 aromatic heterocycles. The molecule has 1 amide bonds. The minimum Gasteiger partial charge on any atom is -0.334 e. The maximum Gasteiger partial charge on any atom is 0.223 e. The van der Waals surface area contributed by atoms with E-state index in [2.05, 4.69) is 16.1 Å². The number of hydrogen-bond acceptors (Lipinski definition) is 3.